The van der Waals surface area contributed by atoms with Crippen LogP contribution in [0.15, 0.2) is 35.1 Å². The van der Waals surface area contributed by atoms with Crippen LogP contribution >= 0.6 is 0 Å². The van der Waals surface area contributed by atoms with Gasteiger partial charge in [-0.3, -0.25) is 4.79 Å². The Morgan fingerprint density at radius 3 is 2.59 bits per heavy atom. The molecule has 5 rings (SSSR count). The lowest BCUT2D eigenvalue weighted by Gasteiger charge is -2.33. The average Bonchev–Trinajstić information content (AvgIpc) is 3.09. The maximum absolute atomic E-state index is 13.8. The highest BCUT2D eigenvalue weighted by molar-refractivity contribution is 5.98. The highest BCUT2D eigenvalue weighted by atomic mass is 19.1. The highest BCUT2D eigenvalue weighted by Crippen LogP contribution is 2.35. The minimum Gasteiger partial charge on any atom is -0.356 e. The molecule has 0 spiro atoms. The van der Waals surface area contributed by atoms with Gasteiger partial charge in [0.15, 0.2) is 0 Å². The third kappa shape index (κ3) is 4.31. The molecule has 1 saturated heterocycles. The Hall–Kier alpha value is -3.03. The normalized spacial score (nSPS) is 18.6. The van der Waals surface area contributed by atoms with Crippen molar-refractivity contribution in [3.8, 4) is 11.3 Å². The van der Waals surface area contributed by atoms with E-state index in [1.165, 1.54) is 44.1 Å². The summed E-state index contributed by atoms with van der Waals surface area (Å²) in [5.74, 6) is 0.600. The van der Waals surface area contributed by atoms with Crippen molar-refractivity contribution < 1.29 is 13.7 Å². The van der Waals surface area contributed by atoms with E-state index in [1.807, 2.05) is 0 Å². The van der Waals surface area contributed by atoms with Gasteiger partial charge in [-0.2, -0.15) is 4.98 Å². The number of amides is 1. The van der Waals surface area contributed by atoms with E-state index in [1.54, 1.807) is 12.1 Å². The second-order valence-corrected chi connectivity index (χ2v) is 8.88. The van der Waals surface area contributed by atoms with E-state index < -0.39 is 0 Å². The number of nitrogens with one attached hydrogen (secondary N) is 1. The fraction of sp³-hybridized carbons (Fsp3) is 0.500. The van der Waals surface area contributed by atoms with E-state index >= 15 is 0 Å². The lowest BCUT2D eigenvalue weighted by Crippen LogP contribution is -2.44. The minimum absolute atomic E-state index is 0.0250. The number of hydrogen-bond acceptors (Lipinski definition) is 6. The zero-order valence-corrected chi connectivity index (χ0v) is 18.1. The minimum atomic E-state index is -0.336. The third-order valence-corrected chi connectivity index (χ3v) is 6.72. The SMILES string of the molecule is O=C(NC1CCCCCC1)C1CCN(c2ncnc3onc(-c4cccc(F)c4)c23)CC1. The zero-order chi connectivity index (χ0) is 21.9. The van der Waals surface area contributed by atoms with Crippen molar-refractivity contribution in [1.82, 2.24) is 20.4 Å². The zero-order valence-electron chi connectivity index (χ0n) is 18.1. The fourth-order valence-corrected chi connectivity index (χ4v) is 4.94. The number of piperidine rings is 1. The second-order valence-electron chi connectivity index (χ2n) is 8.88. The van der Waals surface area contributed by atoms with Crippen molar-refractivity contribution in [2.75, 3.05) is 18.0 Å². The first-order valence-electron chi connectivity index (χ1n) is 11.6. The molecule has 1 aliphatic heterocycles. The monoisotopic (exact) mass is 437 g/mol. The molecule has 2 fully saturated rings. The van der Waals surface area contributed by atoms with Crippen molar-refractivity contribution in [3.05, 3.63) is 36.4 Å². The molecule has 7 nitrogen and oxygen atoms in total. The molecule has 2 aliphatic rings. The van der Waals surface area contributed by atoms with E-state index in [-0.39, 0.29) is 17.6 Å². The van der Waals surface area contributed by atoms with Gasteiger partial charge in [0.05, 0.1) is 0 Å². The van der Waals surface area contributed by atoms with Crippen LogP contribution in [-0.2, 0) is 4.79 Å². The van der Waals surface area contributed by atoms with Gasteiger partial charge < -0.3 is 14.7 Å². The van der Waals surface area contributed by atoms with Gasteiger partial charge in [-0.15, -0.1) is 0 Å². The largest absolute Gasteiger partial charge is 0.356 e. The molecule has 168 valence electrons. The number of hydrogen-bond donors (Lipinski definition) is 1. The Kier molecular flexibility index (Phi) is 6.01. The first-order chi connectivity index (χ1) is 15.7. The Morgan fingerprint density at radius 2 is 1.84 bits per heavy atom. The molecule has 0 radical (unpaired) electrons. The van der Waals surface area contributed by atoms with E-state index in [2.05, 4.69) is 25.3 Å². The quantitative estimate of drug-likeness (QED) is 0.606. The smallest absolute Gasteiger partial charge is 0.263 e. The number of carbonyl (C=O) groups is 1. The van der Waals surface area contributed by atoms with Crippen molar-refractivity contribution in [2.45, 2.75) is 57.4 Å². The third-order valence-electron chi connectivity index (χ3n) is 6.72. The van der Waals surface area contributed by atoms with Crippen LogP contribution in [-0.4, -0.2) is 40.2 Å². The van der Waals surface area contributed by atoms with Crippen molar-refractivity contribution in [3.63, 3.8) is 0 Å². The van der Waals surface area contributed by atoms with E-state index in [4.69, 9.17) is 4.52 Å². The first kappa shape index (κ1) is 20.8. The van der Waals surface area contributed by atoms with Crippen LogP contribution in [0.5, 0.6) is 0 Å². The Bertz CT molecular complexity index is 1080. The van der Waals surface area contributed by atoms with E-state index in [0.717, 1.165) is 31.5 Å². The van der Waals surface area contributed by atoms with Gasteiger partial charge in [0.25, 0.3) is 5.71 Å². The summed E-state index contributed by atoms with van der Waals surface area (Å²) in [4.78, 5) is 23.7. The number of benzene rings is 1. The molecule has 32 heavy (non-hydrogen) atoms. The lowest BCUT2D eigenvalue weighted by molar-refractivity contribution is -0.126. The summed E-state index contributed by atoms with van der Waals surface area (Å²) in [7, 11) is 0. The molecule has 1 amide bonds. The Balaban J connectivity index is 1.31. The van der Waals surface area contributed by atoms with Crippen LogP contribution in [0.4, 0.5) is 10.2 Å². The Labute approximate surface area is 186 Å². The molecule has 2 aromatic heterocycles. The summed E-state index contributed by atoms with van der Waals surface area (Å²) in [5.41, 5.74) is 1.53. The lowest BCUT2D eigenvalue weighted by atomic mass is 9.94. The maximum Gasteiger partial charge on any atom is 0.263 e. The topological polar surface area (TPSA) is 84.2 Å². The predicted octanol–water partition coefficient (Wildman–Crippen LogP) is 4.48. The molecular formula is C24H28FN5O2. The second kappa shape index (κ2) is 9.22. The molecule has 3 heterocycles. The standard InChI is InChI=1S/C24H28FN5O2/c25-18-7-5-6-17(14-18)21-20-22(26-15-27-24(20)32-29-21)30-12-10-16(11-13-30)23(31)28-19-8-3-1-2-4-9-19/h5-7,14-16,19H,1-4,8-13H2,(H,28,31). The van der Waals surface area contributed by atoms with Crippen molar-refractivity contribution in [2.24, 2.45) is 5.92 Å². The van der Waals surface area contributed by atoms with Gasteiger partial charge in [-0.1, -0.05) is 43.0 Å². The van der Waals surface area contributed by atoms with E-state index in [9.17, 15) is 9.18 Å². The molecule has 0 atom stereocenters. The van der Waals surface area contributed by atoms with Crippen LogP contribution in [0.2, 0.25) is 0 Å². The highest BCUT2D eigenvalue weighted by Gasteiger charge is 2.29. The summed E-state index contributed by atoms with van der Waals surface area (Å²) in [6.07, 6.45) is 10.2. The number of rotatable bonds is 4. The van der Waals surface area contributed by atoms with Gasteiger partial charge in [0.2, 0.25) is 5.91 Å². The summed E-state index contributed by atoms with van der Waals surface area (Å²) >= 11 is 0. The summed E-state index contributed by atoms with van der Waals surface area (Å²) in [6, 6.07) is 6.59. The van der Waals surface area contributed by atoms with Crippen LogP contribution in [0.25, 0.3) is 22.4 Å². The molecule has 1 N–H and O–H groups in total. The summed E-state index contributed by atoms with van der Waals surface area (Å²) < 4.78 is 19.2. The van der Waals surface area contributed by atoms with Gasteiger partial charge in [-0.25, -0.2) is 9.37 Å². The van der Waals surface area contributed by atoms with Crippen LogP contribution in [0.1, 0.15) is 51.4 Å². The number of nitrogens with zero attached hydrogens (tertiary/aromatic N) is 4. The molecule has 1 aliphatic carbocycles. The van der Waals surface area contributed by atoms with Gasteiger partial charge >= 0.3 is 0 Å². The number of carbonyl (C=O) groups excluding carboxylic acids is 1. The average molecular weight is 438 g/mol. The van der Waals surface area contributed by atoms with Crippen LogP contribution < -0.4 is 10.2 Å². The summed E-state index contributed by atoms with van der Waals surface area (Å²) in [5, 5.41) is 8.12. The van der Waals surface area contributed by atoms with Gasteiger partial charge in [0, 0.05) is 30.6 Å². The fourth-order valence-electron chi connectivity index (χ4n) is 4.94. The molecule has 1 saturated carbocycles. The number of fused-ring (bicyclic) bond motifs is 1. The molecule has 0 bridgehead atoms. The first-order valence-corrected chi connectivity index (χ1v) is 11.6. The maximum atomic E-state index is 13.8. The molecule has 0 unspecified atom stereocenters. The molecule has 8 heteroatoms. The molecule has 3 aromatic rings. The number of aromatic nitrogens is 3. The van der Waals surface area contributed by atoms with Crippen molar-refractivity contribution >= 4 is 22.8 Å². The Morgan fingerprint density at radius 1 is 1.06 bits per heavy atom. The van der Waals surface area contributed by atoms with Crippen molar-refractivity contribution in [1.29, 1.82) is 0 Å². The molecular weight excluding hydrogens is 409 g/mol. The van der Waals surface area contributed by atoms with Gasteiger partial charge in [-0.05, 0) is 37.8 Å². The van der Waals surface area contributed by atoms with Crippen LogP contribution in [0.3, 0.4) is 0 Å². The summed E-state index contributed by atoms with van der Waals surface area (Å²) in [6.45, 7) is 1.42. The van der Waals surface area contributed by atoms with Crippen LogP contribution in [0, 0.1) is 11.7 Å². The van der Waals surface area contributed by atoms with E-state index in [0.29, 0.717) is 41.5 Å². The van der Waals surface area contributed by atoms with Gasteiger partial charge in [0.1, 0.15) is 29.0 Å². The molecule has 1 aromatic carbocycles. The number of anilines is 1. The predicted molar refractivity (Wildman–Crippen MR) is 120 cm³/mol. The number of halogens is 1.